The van der Waals surface area contributed by atoms with E-state index in [9.17, 15) is 4.79 Å². The number of nitrogens with zero attached hydrogens (tertiary/aromatic N) is 1. The molecule has 1 aliphatic rings. The van der Waals surface area contributed by atoms with Gasteiger partial charge in [0.15, 0.2) is 0 Å². The fraction of sp³-hybridized carbons (Fsp3) is 0.333. The number of rotatable bonds is 3. The first-order chi connectivity index (χ1) is 10.6. The van der Waals surface area contributed by atoms with Crippen LogP contribution in [-0.4, -0.2) is 16.9 Å². The van der Waals surface area contributed by atoms with Crippen LogP contribution in [0.4, 0.5) is 0 Å². The van der Waals surface area contributed by atoms with E-state index < -0.39 is 0 Å². The third-order valence-electron chi connectivity index (χ3n) is 3.69. The molecule has 1 unspecified atom stereocenters. The third-order valence-corrected chi connectivity index (χ3v) is 3.69. The Morgan fingerprint density at radius 3 is 2.95 bits per heavy atom. The molecule has 1 aromatic heterocycles. The van der Waals surface area contributed by atoms with Crippen molar-refractivity contribution >= 4 is 5.78 Å². The first-order valence-electron chi connectivity index (χ1n) is 7.50. The molecule has 1 aromatic carbocycles. The van der Waals surface area contributed by atoms with Crippen LogP contribution in [0.3, 0.4) is 0 Å². The standard InChI is InChI=1S/C18H19NO3/c1-12-9-15(20)10-14-6-7-16(11-18(14)21-12)22-13(2)17-5-3-4-8-19-17/h3-8,11-13H,9-10H2,1-2H3/t12-,13?/m1/s1. The smallest absolute Gasteiger partial charge is 0.141 e. The molecule has 4 heteroatoms. The summed E-state index contributed by atoms with van der Waals surface area (Å²) in [6, 6.07) is 11.4. The molecule has 0 spiro atoms. The molecule has 114 valence electrons. The van der Waals surface area contributed by atoms with Gasteiger partial charge in [-0.1, -0.05) is 12.1 Å². The molecule has 0 N–H and O–H groups in total. The molecule has 2 aromatic rings. The van der Waals surface area contributed by atoms with Crippen molar-refractivity contribution in [2.24, 2.45) is 0 Å². The van der Waals surface area contributed by atoms with E-state index >= 15 is 0 Å². The van der Waals surface area contributed by atoms with Gasteiger partial charge < -0.3 is 9.47 Å². The Labute approximate surface area is 130 Å². The fourth-order valence-corrected chi connectivity index (χ4v) is 2.61. The highest BCUT2D eigenvalue weighted by Gasteiger charge is 2.20. The monoisotopic (exact) mass is 297 g/mol. The molecule has 0 bridgehead atoms. The van der Waals surface area contributed by atoms with E-state index in [1.54, 1.807) is 6.20 Å². The van der Waals surface area contributed by atoms with E-state index in [0.717, 1.165) is 22.8 Å². The number of carbonyl (C=O) groups is 1. The Bertz CT molecular complexity index is 669. The van der Waals surface area contributed by atoms with Crippen molar-refractivity contribution in [1.29, 1.82) is 0 Å². The minimum Gasteiger partial charge on any atom is -0.490 e. The molecular weight excluding hydrogens is 278 g/mol. The summed E-state index contributed by atoms with van der Waals surface area (Å²) < 4.78 is 11.8. The van der Waals surface area contributed by atoms with Gasteiger partial charge in [0.1, 0.15) is 29.5 Å². The highest BCUT2D eigenvalue weighted by atomic mass is 16.5. The van der Waals surface area contributed by atoms with Crippen LogP contribution in [0, 0.1) is 0 Å². The zero-order valence-corrected chi connectivity index (χ0v) is 12.8. The Kier molecular flexibility index (Phi) is 4.09. The predicted octanol–water partition coefficient (Wildman–Crippen LogP) is 3.50. The van der Waals surface area contributed by atoms with E-state index in [-0.39, 0.29) is 18.0 Å². The van der Waals surface area contributed by atoms with Crippen LogP contribution in [0.15, 0.2) is 42.6 Å². The van der Waals surface area contributed by atoms with Crippen molar-refractivity contribution in [3.05, 3.63) is 53.9 Å². The third kappa shape index (κ3) is 3.27. The van der Waals surface area contributed by atoms with Crippen LogP contribution in [0.2, 0.25) is 0 Å². The van der Waals surface area contributed by atoms with Crippen molar-refractivity contribution in [2.75, 3.05) is 0 Å². The molecule has 0 amide bonds. The molecule has 0 radical (unpaired) electrons. The quantitative estimate of drug-likeness (QED) is 0.870. The summed E-state index contributed by atoms with van der Waals surface area (Å²) in [5.41, 5.74) is 1.80. The molecule has 4 nitrogen and oxygen atoms in total. The summed E-state index contributed by atoms with van der Waals surface area (Å²) in [5.74, 6) is 1.67. The number of benzene rings is 1. The van der Waals surface area contributed by atoms with Crippen molar-refractivity contribution in [2.45, 2.75) is 38.9 Å². The Hall–Kier alpha value is -2.36. The predicted molar refractivity (Wildman–Crippen MR) is 83.1 cm³/mol. The zero-order chi connectivity index (χ0) is 15.5. The Morgan fingerprint density at radius 1 is 1.32 bits per heavy atom. The summed E-state index contributed by atoms with van der Waals surface area (Å²) >= 11 is 0. The molecule has 0 saturated heterocycles. The lowest BCUT2D eigenvalue weighted by molar-refractivity contribution is -0.119. The van der Waals surface area contributed by atoms with E-state index in [2.05, 4.69) is 4.98 Å². The average molecular weight is 297 g/mol. The fourth-order valence-electron chi connectivity index (χ4n) is 2.61. The summed E-state index contributed by atoms with van der Waals surface area (Å²) in [7, 11) is 0. The normalized spacial score (nSPS) is 18.8. The van der Waals surface area contributed by atoms with Gasteiger partial charge in [-0.25, -0.2) is 0 Å². The molecule has 0 fully saturated rings. The second-order valence-corrected chi connectivity index (χ2v) is 5.63. The van der Waals surface area contributed by atoms with E-state index in [1.165, 1.54) is 0 Å². The van der Waals surface area contributed by atoms with Crippen LogP contribution in [0.1, 0.15) is 37.6 Å². The van der Waals surface area contributed by atoms with Gasteiger partial charge in [0.05, 0.1) is 5.69 Å². The number of ether oxygens (including phenoxy) is 2. The minimum atomic E-state index is -0.149. The summed E-state index contributed by atoms with van der Waals surface area (Å²) in [5, 5.41) is 0. The van der Waals surface area contributed by atoms with Gasteiger partial charge in [-0.2, -0.15) is 0 Å². The maximum absolute atomic E-state index is 11.8. The Morgan fingerprint density at radius 2 is 2.18 bits per heavy atom. The Balaban J connectivity index is 1.80. The topological polar surface area (TPSA) is 48.4 Å². The molecule has 3 rings (SSSR count). The lowest BCUT2D eigenvalue weighted by Gasteiger charge is -2.17. The summed E-state index contributed by atoms with van der Waals surface area (Å²) in [6.45, 7) is 3.87. The van der Waals surface area contributed by atoms with Gasteiger partial charge in [0.25, 0.3) is 0 Å². The van der Waals surface area contributed by atoms with Gasteiger partial charge in [0.2, 0.25) is 0 Å². The molecule has 2 heterocycles. The number of fused-ring (bicyclic) bond motifs is 1. The number of aromatic nitrogens is 1. The lowest BCUT2D eigenvalue weighted by Crippen LogP contribution is -2.14. The van der Waals surface area contributed by atoms with E-state index in [0.29, 0.717) is 12.8 Å². The van der Waals surface area contributed by atoms with Gasteiger partial charge in [-0.3, -0.25) is 9.78 Å². The number of ketones is 1. The molecule has 2 atom stereocenters. The summed E-state index contributed by atoms with van der Waals surface area (Å²) in [6.07, 6.45) is 2.38. The second kappa shape index (κ2) is 6.18. The van der Waals surface area contributed by atoms with Crippen LogP contribution in [0.25, 0.3) is 0 Å². The van der Waals surface area contributed by atoms with Crippen molar-refractivity contribution in [3.8, 4) is 11.5 Å². The second-order valence-electron chi connectivity index (χ2n) is 5.63. The SMILES string of the molecule is CC(Oc1ccc2c(c1)O[C@H](C)CC(=O)C2)c1ccccn1. The molecular formula is C18H19NO3. The van der Waals surface area contributed by atoms with Crippen molar-refractivity contribution in [1.82, 2.24) is 4.98 Å². The maximum Gasteiger partial charge on any atom is 0.141 e. The van der Waals surface area contributed by atoms with Gasteiger partial charge in [-0.05, 0) is 32.0 Å². The van der Waals surface area contributed by atoms with Crippen LogP contribution >= 0.6 is 0 Å². The maximum atomic E-state index is 11.8. The van der Waals surface area contributed by atoms with E-state index in [1.807, 2.05) is 50.2 Å². The van der Waals surface area contributed by atoms with Crippen LogP contribution in [0.5, 0.6) is 11.5 Å². The molecule has 0 aliphatic carbocycles. The van der Waals surface area contributed by atoms with Crippen LogP contribution in [-0.2, 0) is 11.2 Å². The zero-order valence-electron chi connectivity index (χ0n) is 12.8. The minimum absolute atomic E-state index is 0.0998. The number of hydrogen-bond donors (Lipinski definition) is 0. The highest BCUT2D eigenvalue weighted by molar-refractivity contribution is 5.82. The van der Waals surface area contributed by atoms with Gasteiger partial charge in [0, 0.05) is 30.7 Å². The number of hydrogen-bond acceptors (Lipinski definition) is 4. The lowest BCUT2D eigenvalue weighted by atomic mass is 10.1. The summed E-state index contributed by atoms with van der Waals surface area (Å²) in [4.78, 5) is 16.1. The molecule has 0 saturated carbocycles. The first-order valence-corrected chi connectivity index (χ1v) is 7.50. The first kappa shape index (κ1) is 14.6. The van der Waals surface area contributed by atoms with Crippen molar-refractivity contribution in [3.63, 3.8) is 0 Å². The molecule has 1 aliphatic heterocycles. The highest BCUT2D eigenvalue weighted by Crippen LogP contribution is 2.31. The number of Topliss-reactive ketones (excluding diaryl/α,β-unsaturated/α-hetero) is 1. The largest absolute Gasteiger partial charge is 0.490 e. The van der Waals surface area contributed by atoms with Gasteiger partial charge in [-0.15, -0.1) is 0 Å². The van der Waals surface area contributed by atoms with Crippen molar-refractivity contribution < 1.29 is 14.3 Å². The van der Waals surface area contributed by atoms with E-state index in [4.69, 9.17) is 9.47 Å². The van der Waals surface area contributed by atoms with Crippen LogP contribution < -0.4 is 9.47 Å². The number of carbonyl (C=O) groups excluding carboxylic acids is 1. The average Bonchev–Trinajstić information content (AvgIpc) is 2.64. The molecule has 22 heavy (non-hydrogen) atoms. The van der Waals surface area contributed by atoms with Gasteiger partial charge >= 0.3 is 0 Å². The number of pyridine rings is 1.